The molecule has 0 amide bonds. The zero-order valence-corrected chi connectivity index (χ0v) is 11.6. The van der Waals surface area contributed by atoms with Crippen LogP contribution >= 0.6 is 0 Å². The summed E-state index contributed by atoms with van der Waals surface area (Å²) in [6, 6.07) is 0. The second-order valence-electron chi connectivity index (χ2n) is 4.94. The topological polar surface area (TPSA) is 23.1 Å². The van der Waals surface area contributed by atoms with E-state index in [2.05, 4.69) is 0 Å². The monoisotopic (exact) mass is 254 g/mol. The van der Waals surface area contributed by atoms with Crippen LogP contribution in [0.25, 0.3) is 0 Å². The third kappa shape index (κ3) is 3.59. The first-order chi connectivity index (χ1) is 7.40. The van der Waals surface area contributed by atoms with Crippen molar-refractivity contribution in [2.24, 2.45) is 0 Å². The van der Waals surface area contributed by atoms with E-state index in [1.807, 2.05) is 13.8 Å². The van der Waals surface area contributed by atoms with Gasteiger partial charge in [-0.2, -0.15) is 0 Å². The molecule has 0 aliphatic heterocycles. The highest BCUT2D eigenvalue weighted by molar-refractivity contribution is 7.94. The molecule has 0 saturated carbocycles. The van der Waals surface area contributed by atoms with Gasteiger partial charge in [0.1, 0.15) is 13.3 Å². The van der Waals surface area contributed by atoms with Gasteiger partial charge in [-0.15, -0.1) is 0 Å². The Balaban J connectivity index is 4.88. The van der Waals surface area contributed by atoms with Crippen molar-refractivity contribution in [3.8, 4) is 0 Å². The first kappa shape index (κ1) is 16.2. The average molecular weight is 254 g/mol. The third-order valence-corrected chi connectivity index (χ3v) is 5.44. The lowest BCUT2D eigenvalue weighted by Crippen LogP contribution is -2.51. The predicted molar refractivity (Wildman–Crippen MR) is 66.7 cm³/mol. The summed E-state index contributed by atoms with van der Waals surface area (Å²) in [4.78, 5) is 0. The molecule has 0 fully saturated rings. The van der Waals surface area contributed by atoms with Gasteiger partial charge < -0.3 is 4.55 Å². The minimum Gasteiger partial charge on any atom is -0.615 e. The van der Waals surface area contributed by atoms with Gasteiger partial charge in [-0.3, -0.25) is 0 Å². The minimum atomic E-state index is -1.48. The Kier molecular flexibility index (Phi) is 6.87. The zero-order valence-electron chi connectivity index (χ0n) is 10.8. The third-order valence-electron chi connectivity index (χ3n) is 3.02. The first-order valence-corrected chi connectivity index (χ1v) is 7.09. The van der Waals surface area contributed by atoms with Crippen LogP contribution in [0.4, 0.5) is 8.78 Å². The maximum atomic E-state index is 13.1. The number of hydrogen-bond donors (Lipinski definition) is 0. The molecule has 0 aliphatic carbocycles. The van der Waals surface area contributed by atoms with Crippen molar-refractivity contribution in [3.63, 3.8) is 0 Å². The van der Waals surface area contributed by atoms with E-state index in [1.165, 1.54) is 0 Å². The van der Waals surface area contributed by atoms with E-state index in [1.54, 1.807) is 13.8 Å². The van der Waals surface area contributed by atoms with Crippen molar-refractivity contribution in [2.45, 2.75) is 62.9 Å². The molecule has 0 aromatic carbocycles. The van der Waals surface area contributed by atoms with Crippen LogP contribution < -0.4 is 0 Å². The zero-order chi connectivity index (χ0) is 12.8. The molecule has 0 aliphatic rings. The Morgan fingerprint density at radius 1 is 0.938 bits per heavy atom. The summed E-state index contributed by atoms with van der Waals surface area (Å²) in [5, 5.41) is 0. The minimum absolute atomic E-state index is 0.537. The predicted octanol–water partition coefficient (Wildman–Crippen LogP) is 3.79. The largest absolute Gasteiger partial charge is 0.615 e. The molecule has 0 radical (unpaired) electrons. The van der Waals surface area contributed by atoms with Crippen LogP contribution in [0.15, 0.2) is 0 Å². The van der Waals surface area contributed by atoms with E-state index in [4.69, 9.17) is 0 Å². The summed E-state index contributed by atoms with van der Waals surface area (Å²) in [5.41, 5.74) is 0. The molecular weight excluding hydrogens is 230 g/mol. The second kappa shape index (κ2) is 6.80. The smallest absolute Gasteiger partial charge is 0.151 e. The van der Waals surface area contributed by atoms with Gasteiger partial charge in [0, 0.05) is 0 Å². The molecule has 0 aromatic heterocycles. The van der Waals surface area contributed by atoms with E-state index < -0.39 is 34.0 Å². The summed E-state index contributed by atoms with van der Waals surface area (Å²) >= 11 is -1.48. The highest BCUT2D eigenvalue weighted by atomic mass is 32.2. The van der Waals surface area contributed by atoms with Crippen molar-refractivity contribution >= 4 is 11.2 Å². The maximum Gasteiger partial charge on any atom is 0.151 e. The molecule has 0 spiro atoms. The van der Waals surface area contributed by atoms with Gasteiger partial charge >= 0.3 is 0 Å². The van der Waals surface area contributed by atoms with Gasteiger partial charge in [-0.1, -0.05) is 26.7 Å². The fourth-order valence-corrected chi connectivity index (χ4v) is 4.24. The van der Waals surface area contributed by atoms with Gasteiger partial charge in [0.25, 0.3) is 0 Å². The lowest BCUT2D eigenvalue weighted by Gasteiger charge is -2.40. The van der Waals surface area contributed by atoms with Crippen LogP contribution in [-0.2, 0) is 11.2 Å². The van der Waals surface area contributed by atoms with Crippen LogP contribution in [0.5, 0.6) is 0 Å². The number of rotatable bonds is 8. The Morgan fingerprint density at radius 3 is 1.44 bits per heavy atom. The maximum absolute atomic E-state index is 13.1. The van der Waals surface area contributed by atoms with Crippen LogP contribution in [-0.4, -0.2) is 27.4 Å². The molecular formula is C12H24F2OS. The Labute approximate surface area is 101 Å². The highest BCUT2D eigenvalue weighted by Crippen LogP contribution is 2.36. The van der Waals surface area contributed by atoms with Crippen LogP contribution in [0.2, 0.25) is 0 Å². The molecule has 1 nitrogen and oxygen atoms in total. The fraction of sp³-hybridized carbons (Fsp3) is 1.00. The van der Waals surface area contributed by atoms with E-state index in [-0.39, 0.29) is 0 Å². The molecule has 4 heteroatoms. The molecule has 0 heterocycles. The molecule has 2 atom stereocenters. The highest BCUT2D eigenvalue weighted by Gasteiger charge is 2.48. The molecule has 98 valence electrons. The molecule has 16 heavy (non-hydrogen) atoms. The first-order valence-electron chi connectivity index (χ1n) is 5.94. The Bertz CT molecular complexity index is 183. The average Bonchev–Trinajstić information content (AvgIpc) is 2.28. The fourth-order valence-electron chi connectivity index (χ4n) is 2.07. The molecule has 0 N–H and O–H groups in total. The van der Waals surface area contributed by atoms with Crippen molar-refractivity contribution in [1.82, 2.24) is 0 Å². The van der Waals surface area contributed by atoms with E-state index in [0.717, 1.165) is 12.8 Å². The molecule has 2 unspecified atom stereocenters. The van der Waals surface area contributed by atoms with Gasteiger partial charge in [0.15, 0.2) is 9.49 Å². The van der Waals surface area contributed by atoms with Crippen LogP contribution in [0, 0.1) is 0 Å². The van der Waals surface area contributed by atoms with Crippen molar-refractivity contribution in [1.29, 1.82) is 0 Å². The van der Waals surface area contributed by atoms with Gasteiger partial charge in [-0.25, -0.2) is 8.78 Å². The summed E-state index contributed by atoms with van der Waals surface area (Å²) in [6.07, 6.45) is 2.60. The lowest BCUT2D eigenvalue weighted by molar-refractivity contribution is 0.335. The summed E-state index contributed by atoms with van der Waals surface area (Å²) in [6.45, 7) is 5.89. The SMILES string of the molecule is CCCC(C)(CF)[S+]([O-])C(C)(CF)CCC. The van der Waals surface area contributed by atoms with Gasteiger partial charge in [0.05, 0.1) is 0 Å². The molecule has 0 saturated heterocycles. The standard InChI is InChI=1S/C12H24F2OS/c1-5-7-11(3,9-13)16(15)12(4,10-14)8-6-2/h5-10H2,1-4H3. The Hall–Kier alpha value is 0.170. The van der Waals surface area contributed by atoms with Crippen molar-refractivity contribution in [2.75, 3.05) is 13.3 Å². The van der Waals surface area contributed by atoms with Crippen molar-refractivity contribution < 1.29 is 13.3 Å². The lowest BCUT2D eigenvalue weighted by atomic mass is 10.1. The number of alkyl halides is 2. The van der Waals surface area contributed by atoms with E-state index in [9.17, 15) is 13.3 Å². The number of hydrogen-bond acceptors (Lipinski definition) is 1. The molecule has 0 bridgehead atoms. The van der Waals surface area contributed by atoms with Crippen LogP contribution in [0.1, 0.15) is 53.4 Å². The summed E-state index contributed by atoms with van der Waals surface area (Å²) < 4.78 is 36.7. The van der Waals surface area contributed by atoms with Crippen molar-refractivity contribution in [3.05, 3.63) is 0 Å². The molecule has 0 rings (SSSR count). The van der Waals surface area contributed by atoms with Gasteiger partial charge in [-0.05, 0) is 37.9 Å². The quantitative estimate of drug-likeness (QED) is 0.604. The van der Waals surface area contributed by atoms with E-state index in [0.29, 0.717) is 12.8 Å². The normalized spacial score (nSPS) is 21.2. The molecule has 0 aromatic rings. The van der Waals surface area contributed by atoms with Crippen LogP contribution in [0.3, 0.4) is 0 Å². The number of halogens is 2. The second-order valence-corrected chi connectivity index (χ2v) is 7.44. The van der Waals surface area contributed by atoms with Gasteiger partial charge in [0.2, 0.25) is 0 Å². The summed E-state index contributed by atoms with van der Waals surface area (Å²) in [7, 11) is 0. The summed E-state index contributed by atoms with van der Waals surface area (Å²) in [5.74, 6) is 0. The van der Waals surface area contributed by atoms with E-state index >= 15 is 0 Å². The Morgan fingerprint density at radius 2 is 1.25 bits per heavy atom.